The second-order valence-corrected chi connectivity index (χ2v) is 7.58. The zero-order chi connectivity index (χ0) is 26.3. The van der Waals surface area contributed by atoms with Crippen molar-refractivity contribution in [2.75, 3.05) is 6.79 Å². The molecule has 4 rings (SSSR count). The van der Waals surface area contributed by atoms with E-state index in [1.165, 1.54) is 0 Å². The number of esters is 1. The Labute approximate surface area is 171 Å². The van der Waals surface area contributed by atoms with Crippen molar-refractivity contribution in [1.29, 1.82) is 0 Å². The van der Waals surface area contributed by atoms with Gasteiger partial charge in [-0.25, -0.2) is 18.0 Å². The zero-order valence-electron chi connectivity index (χ0n) is 15.3. The summed E-state index contributed by atoms with van der Waals surface area (Å²) in [6.07, 6.45) is 0. The molecule has 0 aliphatic heterocycles. The van der Waals surface area contributed by atoms with Gasteiger partial charge < -0.3 is 9.47 Å². The molecule has 0 N–H and O–H groups in total. The summed E-state index contributed by atoms with van der Waals surface area (Å²) in [6.45, 7) is 0.860. The van der Waals surface area contributed by atoms with Gasteiger partial charge in [-0.3, -0.25) is 0 Å². The number of alkyl halides is 15. The fourth-order valence-corrected chi connectivity index (χ4v) is 4.37. The van der Waals surface area contributed by atoms with Gasteiger partial charge in [0.05, 0.1) is 0 Å². The number of halogens is 15. The molecule has 0 aromatic heterocycles. The van der Waals surface area contributed by atoms with Crippen LogP contribution < -0.4 is 0 Å². The number of ether oxygens (including phenoxy) is 2. The first-order chi connectivity index (χ1) is 14.3. The quantitative estimate of drug-likeness (QED) is 0.232. The van der Waals surface area contributed by atoms with Gasteiger partial charge in [0.1, 0.15) is 0 Å². The smallest absolute Gasteiger partial charge is 0.339 e. The van der Waals surface area contributed by atoms with Crippen LogP contribution in [0.25, 0.3) is 0 Å². The molecule has 33 heavy (non-hydrogen) atoms. The Hall–Kier alpha value is -1.88. The Kier molecular flexibility index (Phi) is 4.42. The van der Waals surface area contributed by atoms with Crippen LogP contribution in [0.2, 0.25) is 0 Å². The van der Waals surface area contributed by atoms with Gasteiger partial charge >= 0.3 is 58.5 Å². The van der Waals surface area contributed by atoms with E-state index in [9.17, 15) is 70.7 Å². The fraction of sp³-hybridized carbons (Fsp3) is 0.800. The summed E-state index contributed by atoms with van der Waals surface area (Å²) in [7, 11) is 0. The molecular formula is C15H7F15O3. The molecule has 0 spiro atoms. The Bertz CT molecular complexity index is 828. The van der Waals surface area contributed by atoms with E-state index in [0.29, 0.717) is 0 Å². The molecule has 3 nitrogen and oxygen atoms in total. The minimum absolute atomic E-state index is 0.745. The molecule has 0 aromatic carbocycles. The van der Waals surface area contributed by atoms with Crippen molar-refractivity contribution in [1.82, 2.24) is 0 Å². The van der Waals surface area contributed by atoms with E-state index < -0.39 is 76.5 Å². The maximum atomic E-state index is 14.8. The second-order valence-electron chi connectivity index (χ2n) is 7.58. The monoisotopic (exact) mass is 520 g/mol. The van der Waals surface area contributed by atoms with Crippen LogP contribution in [0.5, 0.6) is 0 Å². The predicted octanol–water partition coefficient (Wildman–Crippen LogP) is 4.80. The third-order valence-corrected chi connectivity index (χ3v) is 6.03. The summed E-state index contributed by atoms with van der Waals surface area (Å²) in [5.41, 5.74) is -31.1. The lowest BCUT2D eigenvalue weighted by atomic mass is 9.40. The van der Waals surface area contributed by atoms with Crippen LogP contribution in [-0.4, -0.2) is 70.9 Å². The average molecular weight is 520 g/mol. The Morgan fingerprint density at radius 1 is 0.606 bits per heavy atom. The van der Waals surface area contributed by atoms with E-state index in [1.807, 2.05) is 0 Å². The molecule has 0 unspecified atom stereocenters. The lowest BCUT2D eigenvalue weighted by molar-refractivity contribution is -0.620. The van der Waals surface area contributed by atoms with Gasteiger partial charge in [0.2, 0.25) is 0 Å². The van der Waals surface area contributed by atoms with Crippen molar-refractivity contribution in [3.63, 3.8) is 0 Å². The summed E-state index contributed by atoms with van der Waals surface area (Å²) in [5, 5.41) is 0. The van der Waals surface area contributed by atoms with Gasteiger partial charge in [-0.2, -0.15) is 52.7 Å². The molecule has 4 saturated carbocycles. The molecule has 0 radical (unpaired) electrons. The van der Waals surface area contributed by atoms with Gasteiger partial charge in [-0.05, 0) is 6.92 Å². The number of carbonyl (C=O) groups excluding carboxylic acids is 1. The molecule has 0 saturated heterocycles. The summed E-state index contributed by atoms with van der Waals surface area (Å²) in [4.78, 5) is 11.2. The molecule has 18 heteroatoms. The average Bonchev–Trinajstić information content (AvgIpc) is 2.64. The van der Waals surface area contributed by atoms with Crippen LogP contribution in [0.4, 0.5) is 65.9 Å². The van der Waals surface area contributed by atoms with E-state index in [-0.39, 0.29) is 0 Å². The lowest BCUT2D eigenvalue weighted by Gasteiger charge is -2.74. The summed E-state index contributed by atoms with van der Waals surface area (Å²) in [5.74, 6) is -48.6. The van der Waals surface area contributed by atoms with E-state index in [4.69, 9.17) is 0 Å². The molecule has 0 amide bonds. The topological polar surface area (TPSA) is 35.5 Å². The van der Waals surface area contributed by atoms with Crippen molar-refractivity contribution in [2.45, 2.75) is 65.1 Å². The summed E-state index contributed by atoms with van der Waals surface area (Å²) < 4.78 is 224. The normalized spacial score (nSPS) is 44.4. The molecule has 4 aliphatic rings. The van der Waals surface area contributed by atoms with E-state index in [1.54, 1.807) is 0 Å². The number of rotatable bonds is 4. The van der Waals surface area contributed by atoms with Gasteiger partial charge in [0.15, 0.2) is 6.79 Å². The fourth-order valence-electron chi connectivity index (χ4n) is 4.37. The van der Waals surface area contributed by atoms with E-state index in [0.717, 1.165) is 6.92 Å². The molecule has 0 heterocycles. The van der Waals surface area contributed by atoms with Crippen LogP contribution in [0.1, 0.15) is 6.92 Å². The highest BCUT2D eigenvalue weighted by atomic mass is 19.3. The third kappa shape index (κ3) is 1.74. The maximum Gasteiger partial charge on any atom is 0.339 e. The van der Waals surface area contributed by atoms with Crippen molar-refractivity contribution < 1.29 is 80.1 Å². The molecule has 0 atom stereocenters. The van der Waals surface area contributed by atoms with Gasteiger partial charge in [-0.15, -0.1) is 0 Å². The molecule has 4 fully saturated rings. The summed E-state index contributed by atoms with van der Waals surface area (Å²) in [6, 6.07) is 0. The molecule has 190 valence electrons. The van der Waals surface area contributed by atoms with Crippen molar-refractivity contribution in [2.24, 2.45) is 0 Å². The lowest BCUT2D eigenvalue weighted by Crippen LogP contribution is -3.10. The maximum absolute atomic E-state index is 14.8. The predicted molar refractivity (Wildman–Crippen MR) is 70.8 cm³/mol. The summed E-state index contributed by atoms with van der Waals surface area (Å²) >= 11 is 0. The van der Waals surface area contributed by atoms with E-state index >= 15 is 0 Å². The first-order valence-electron chi connectivity index (χ1n) is 8.13. The van der Waals surface area contributed by atoms with Gasteiger partial charge in [0, 0.05) is 5.57 Å². The first kappa shape index (κ1) is 25.7. The van der Waals surface area contributed by atoms with Crippen LogP contribution in [-0.2, 0) is 14.3 Å². The second kappa shape index (κ2) is 5.67. The minimum atomic E-state index is -7.90. The third-order valence-electron chi connectivity index (χ3n) is 6.03. The SMILES string of the molecule is C=C(C)C(=O)OCOC12C(F)(F)C3(F)C(F)(F)C(F)(C(F)(F)C(F)(C3(F)F)C1(F)F)C2(F)F. The highest BCUT2D eigenvalue weighted by Gasteiger charge is 3.23. The van der Waals surface area contributed by atoms with Crippen LogP contribution in [0.3, 0.4) is 0 Å². The van der Waals surface area contributed by atoms with Crippen molar-refractivity contribution >= 4 is 5.97 Å². The minimum Gasteiger partial charge on any atom is -0.435 e. The van der Waals surface area contributed by atoms with Crippen LogP contribution in [0.15, 0.2) is 12.2 Å². The Morgan fingerprint density at radius 2 is 0.879 bits per heavy atom. The number of hydrogen-bond acceptors (Lipinski definition) is 3. The molecule has 4 bridgehead atoms. The van der Waals surface area contributed by atoms with Gasteiger partial charge in [0.25, 0.3) is 5.60 Å². The highest BCUT2D eigenvalue weighted by molar-refractivity contribution is 5.86. The molecular weight excluding hydrogens is 513 g/mol. The highest BCUT2D eigenvalue weighted by Crippen LogP contribution is 2.88. The molecule has 4 aliphatic carbocycles. The van der Waals surface area contributed by atoms with Crippen molar-refractivity contribution in [3.8, 4) is 0 Å². The Morgan fingerprint density at radius 3 is 1.12 bits per heavy atom. The number of hydrogen-bond donors (Lipinski definition) is 0. The first-order valence-corrected chi connectivity index (χ1v) is 8.13. The zero-order valence-corrected chi connectivity index (χ0v) is 15.3. The van der Waals surface area contributed by atoms with Crippen molar-refractivity contribution in [3.05, 3.63) is 12.2 Å². The van der Waals surface area contributed by atoms with Gasteiger partial charge in [-0.1, -0.05) is 6.58 Å². The largest absolute Gasteiger partial charge is 0.435 e. The van der Waals surface area contributed by atoms with E-state index in [2.05, 4.69) is 16.1 Å². The number of carbonyl (C=O) groups is 1. The van der Waals surface area contributed by atoms with Crippen LogP contribution in [0, 0.1) is 0 Å². The Balaban J connectivity index is 2.47. The van der Waals surface area contributed by atoms with Crippen LogP contribution >= 0.6 is 0 Å². The standard InChI is InChI=1S/C15H7F15O3/c1-4(2)5(31)32-3-33-9-13(25,26)6(16)10(19,20)7(17,14(9,27)28)12(23,24)8(18,11(6,21)22)15(9,29)30/h1,3H2,2H3. The molecule has 0 aromatic rings.